The lowest BCUT2D eigenvalue weighted by molar-refractivity contribution is -0.744. The fraction of sp³-hybridized carbons (Fsp3) is 0.917. The highest BCUT2D eigenvalue weighted by Crippen LogP contribution is 2.41. The number of hydrogen-bond acceptors (Lipinski definition) is 3. The van der Waals surface area contributed by atoms with Crippen molar-refractivity contribution in [3.05, 3.63) is 0 Å². The quantitative estimate of drug-likeness (QED) is 0.653. The van der Waals surface area contributed by atoms with Crippen molar-refractivity contribution in [2.45, 2.75) is 43.2 Å². The number of thioether (sulfide) groups is 1. The van der Waals surface area contributed by atoms with E-state index in [1.807, 2.05) is 11.8 Å². The Bertz CT molecular complexity index is 343. The summed E-state index contributed by atoms with van der Waals surface area (Å²) in [6, 6.07) is 0. The molecule has 0 saturated carbocycles. The number of quaternary nitrogens is 1. The number of amides is 1. The molecule has 2 atom stereocenters. The second-order valence-electron chi connectivity index (χ2n) is 6.01. The predicted octanol–water partition coefficient (Wildman–Crippen LogP) is -0.207. The Morgan fingerprint density at radius 3 is 3.12 bits per heavy atom. The van der Waals surface area contributed by atoms with E-state index in [0.717, 1.165) is 32.5 Å². The molecule has 0 unspecified atom stereocenters. The maximum atomic E-state index is 11.9. The Morgan fingerprint density at radius 1 is 1.53 bits per heavy atom. The smallest absolute Gasteiger partial charge is 0.233 e. The number of rotatable bonds is 0. The second-order valence-corrected chi connectivity index (χ2v) is 7.08. The number of carbonyl (C=O) groups is 1. The molecule has 4 nitrogen and oxygen atoms in total. The monoisotopic (exact) mass is 257 g/mol. The van der Waals surface area contributed by atoms with Crippen LogP contribution in [-0.2, 0) is 9.53 Å². The molecule has 3 fully saturated rings. The van der Waals surface area contributed by atoms with Gasteiger partial charge in [-0.25, -0.2) is 0 Å². The summed E-state index contributed by atoms with van der Waals surface area (Å²) >= 11 is 1.83. The molecule has 96 valence electrons. The van der Waals surface area contributed by atoms with Gasteiger partial charge in [-0.15, -0.1) is 11.8 Å². The minimum atomic E-state index is -0.0516. The summed E-state index contributed by atoms with van der Waals surface area (Å²) in [6.45, 7) is 7.12. The Balaban J connectivity index is 1.88. The summed E-state index contributed by atoms with van der Waals surface area (Å²) in [6.07, 6.45) is 2.11. The number of carbonyl (C=O) groups excluding carboxylic acids is 1. The first-order chi connectivity index (χ1) is 8.03. The summed E-state index contributed by atoms with van der Waals surface area (Å²) in [5.74, 6) is 0.999. The van der Waals surface area contributed by atoms with Crippen molar-refractivity contribution < 1.29 is 14.8 Å². The molecule has 3 aliphatic heterocycles. The summed E-state index contributed by atoms with van der Waals surface area (Å²) in [5, 5.41) is 2.84. The highest BCUT2D eigenvalue weighted by Gasteiger charge is 2.56. The van der Waals surface area contributed by atoms with Crippen LogP contribution in [0.15, 0.2) is 0 Å². The second kappa shape index (κ2) is 3.87. The van der Waals surface area contributed by atoms with E-state index in [9.17, 15) is 4.79 Å². The van der Waals surface area contributed by atoms with Crippen LogP contribution < -0.4 is 5.32 Å². The zero-order valence-electron chi connectivity index (χ0n) is 10.6. The molecule has 3 heterocycles. The third kappa shape index (κ3) is 1.88. The van der Waals surface area contributed by atoms with Gasteiger partial charge in [-0.3, -0.25) is 4.79 Å². The summed E-state index contributed by atoms with van der Waals surface area (Å²) in [7, 11) is 0. The van der Waals surface area contributed by atoms with Crippen LogP contribution in [0.4, 0.5) is 0 Å². The van der Waals surface area contributed by atoms with E-state index in [4.69, 9.17) is 4.74 Å². The number of piperazine rings is 1. The summed E-state index contributed by atoms with van der Waals surface area (Å²) in [4.78, 5) is 14.0. The van der Waals surface area contributed by atoms with Gasteiger partial charge in [0.05, 0.1) is 31.1 Å². The molecule has 0 aromatic heterocycles. The van der Waals surface area contributed by atoms with E-state index in [-0.39, 0.29) is 11.1 Å². The first kappa shape index (κ1) is 11.8. The van der Waals surface area contributed by atoms with Crippen molar-refractivity contribution in [1.82, 2.24) is 4.90 Å². The van der Waals surface area contributed by atoms with Crippen LogP contribution in [0, 0.1) is 0 Å². The number of ether oxygens (including phenoxy) is 1. The Kier molecular flexibility index (Phi) is 2.69. The van der Waals surface area contributed by atoms with Gasteiger partial charge >= 0.3 is 0 Å². The van der Waals surface area contributed by atoms with Crippen molar-refractivity contribution >= 4 is 17.7 Å². The van der Waals surface area contributed by atoms with Crippen LogP contribution >= 0.6 is 11.8 Å². The van der Waals surface area contributed by atoms with Crippen molar-refractivity contribution in [3.8, 4) is 0 Å². The molecular formula is C12H21N2O2S+. The highest BCUT2D eigenvalue weighted by atomic mass is 32.2. The Labute approximate surface area is 106 Å². The SMILES string of the molecule is CC1(C)C[C@]2(CCO1)[NH2+]CCN1C(=O)CS[C@@H]12. The topological polar surface area (TPSA) is 46.1 Å². The maximum absolute atomic E-state index is 11.9. The lowest BCUT2D eigenvalue weighted by atomic mass is 9.79. The molecule has 3 saturated heterocycles. The summed E-state index contributed by atoms with van der Waals surface area (Å²) in [5.41, 5.74) is 0.140. The van der Waals surface area contributed by atoms with Crippen LogP contribution in [0.5, 0.6) is 0 Å². The van der Waals surface area contributed by atoms with Gasteiger partial charge in [0.2, 0.25) is 5.91 Å². The van der Waals surface area contributed by atoms with Crippen molar-refractivity contribution in [2.24, 2.45) is 0 Å². The minimum absolute atomic E-state index is 0.0516. The standard InChI is InChI=1S/C12H20N2O2S/c1-11(2)8-12(3-6-16-11)10-14(5-4-13-12)9(15)7-17-10/h10,13H,3-8H2,1-2H3/p+1/t10-,12+/m1/s1. The third-order valence-corrected chi connectivity index (χ3v) is 5.65. The van der Waals surface area contributed by atoms with Gasteiger partial charge in [0.25, 0.3) is 0 Å². The highest BCUT2D eigenvalue weighted by molar-refractivity contribution is 8.01. The molecule has 2 N–H and O–H groups in total. The first-order valence-electron chi connectivity index (χ1n) is 6.42. The van der Waals surface area contributed by atoms with E-state index in [2.05, 4.69) is 24.1 Å². The van der Waals surface area contributed by atoms with Gasteiger partial charge in [-0.2, -0.15) is 0 Å². The number of nitrogens with two attached hydrogens (primary N) is 1. The lowest BCUT2D eigenvalue weighted by Gasteiger charge is -2.50. The largest absolute Gasteiger partial charge is 0.375 e. The van der Waals surface area contributed by atoms with Crippen LogP contribution in [-0.4, -0.2) is 52.8 Å². The third-order valence-electron chi connectivity index (χ3n) is 4.20. The predicted molar refractivity (Wildman–Crippen MR) is 66.7 cm³/mol. The van der Waals surface area contributed by atoms with E-state index in [1.54, 1.807) is 0 Å². The molecule has 0 bridgehead atoms. The average molecular weight is 257 g/mol. The van der Waals surface area contributed by atoms with Crippen molar-refractivity contribution in [3.63, 3.8) is 0 Å². The lowest BCUT2D eigenvalue weighted by Crippen LogP contribution is -3.04. The number of nitrogens with zero attached hydrogens (tertiary/aromatic N) is 1. The molecule has 5 heteroatoms. The molecule has 3 rings (SSSR count). The van der Waals surface area contributed by atoms with Crippen LogP contribution in [0.25, 0.3) is 0 Å². The van der Waals surface area contributed by atoms with Gasteiger partial charge in [-0.05, 0) is 13.8 Å². The van der Waals surface area contributed by atoms with Gasteiger partial charge in [0.15, 0.2) is 0 Å². The van der Waals surface area contributed by atoms with Crippen LogP contribution in [0.2, 0.25) is 0 Å². The van der Waals surface area contributed by atoms with Crippen molar-refractivity contribution in [2.75, 3.05) is 25.4 Å². The van der Waals surface area contributed by atoms with E-state index < -0.39 is 0 Å². The number of fused-ring (bicyclic) bond motifs is 2. The van der Waals surface area contributed by atoms with Crippen LogP contribution in [0.1, 0.15) is 26.7 Å². The van der Waals surface area contributed by atoms with E-state index >= 15 is 0 Å². The molecule has 0 aromatic rings. The minimum Gasteiger partial charge on any atom is -0.375 e. The molecule has 0 radical (unpaired) electrons. The first-order valence-corrected chi connectivity index (χ1v) is 7.47. The molecular weight excluding hydrogens is 236 g/mol. The van der Waals surface area contributed by atoms with Gasteiger partial charge < -0.3 is 15.0 Å². The Morgan fingerprint density at radius 2 is 2.35 bits per heavy atom. The molecule has 17 heavy (non-hydrogen) atoms. The fourth-order valence-electron chi connectivity index (χ4n) is 3.60. The Hall–Kier alpha value is -0.260. The summed E-state index contributed by atoms with van der Waals surface area (Å²) < 4.78 is 5.84. The average Bonchev–Trinajstić information content (AvgIpc) is 2.61. The van der Waals surface area contributed by atoms with Crippen LogP contribution in [0.3, 0.4) is 0 Å². The van der Waals surface area contributed by atoms with Gasteiger partial charge in [0.1, 0.15) is 10.9 Å². The molecule has 1 spiro atoms. The zero-order valence-corrected chi connectivity index (χ0v) is 11.4. The molecule has 0 aromatic carbocycles. The van der Waals surface area contributed by atoms with E-state index in [0.29, 0.717) is 17.0 Å². The van der Waals surface area contributed by atoms with E-state index in [1.165, 1.54) is 0 Å². The van der Waals surface area contributed by atoms with Gasteiger partial charge in [0, 0.05) is 12.8 Å². The zero-order chi connectivity index (χ0) is 12.1. The molecule has 1 amide bonds. The van der Waals surface area contributed by atoms with Crippen molar-refractivity contribution in [1.29, 1.82) is 0 Å². The number of hydrogen-bond donors (Lipinski definition) is 1. The van der Waals surface area contributed by atoms with Gasteiger partial charge in [-0.1, -0.05) is 0 Å². The fourth-order valence-corrected chi connectivity index (χ4v) is 5.10. The maximum Gasteiger partial charge on any atom is 0.233 e. The normalized spacial score (nSPS) is 40.7. The molecule has 0 aliphatic carbocycles. The molecule has 3 aliphatic rings.